The van der Waals surface area contributed by atoms with Crippen LogP contribution in [0.25, 0.3) is 0 Å². The molecule has 0 N–H and O–H groups in total. The minimum Gasteiger partial charge on any atom is -0.368 e. The summed E-state index contributed by atoms with van der Waals surface area (Å²) in [5.41, 5.74) is 2.10. The largest absolute Gasteiger partial charge is 0.368 e. The van der Waals surface area contributed by atoms with E-state index in [-0.39, 0.29) is 5.82 Å². The summed E-state index contributed by atoms with van der Waals surface area (Å²) in [5, 5.41) is 0. The highest BCUT2D eigenvalue weighted by Gasteiger charge is 2.21. The average Bonchev–Trinajstić information content (AvgIpc) is 2.69. The van der Waals surface area contributed by atoms with Crippen LogP contribution in [0, 0.1) is 12.7 Å². The highest BCUT2D eigenvalue weighted by atomic mass is 19.1. The highest BCUT2D eigenvalue weighted by Crippen LogP contribution is 2.23. The van der Waals surface area contributed by atoms with E-state index in [1.165, 1.54) is 31.4 Å². The molecule has 1 aromatic carbocycles. The number of hydrogen-bond donors (Lipinski definition) is 0. The molecule has 0 atom stereocenters. The standard InChI is InChI=1S/C20H26FN5/c1-16-15-19(25-9-3-2-4-10-25)23-20(22-16)26-13-11-24(12-14-26)18-7-5-17(21)6-8-18/h5-8,15H,2-4,9-14H2,1H3. The number of hydrogen-bond acceptors (Lipinski definition) is 5. The summed E-state index contributed by atoms with van der Waals surface area (Å²) in [6.45, 7) is 7.76. The Morgan fingerprint density at radius 2 is 1.42 bits per heavy atom. The highest BCUT2D eigenvalue weighted by molar-refractivity contribution is 5.50. The number of anilines is 3. The van der Waals surface area contributed by atoms with Gasteiger partial charge in [0, 0.05) is 56.7 Å². The Labute approximate surface area is 154 Å². The minimum absolute atomic E-state index is 0.189. The molecular weight excluding hydrogens is 329 g/mol. The lowest BCUT2D eigenvalue weighted by atomic mass is 10.1. The maximum absolute atomic E-state index is 13.1. The van der Waals surface area contributed by atoms with Crippen molar-refractivity contribution >= 4 is 17.5 Å². The van der Waals surface area contributed by atoms with Gasteiger partial charge >= 0.3 is 0 Å². The fourth-order valence-corrected chi connectivity index (χ4v) is 3.78. The maximum Gasteiger partial charge on any atom is 0.227 e. The number of benzene rings is 1. The summed E-state index contributed by atoms with van der Waals surface area (Å²) in [5.74, 6) is 1.71. The van der Waals surface area contributed by atoms with Crippen molar-refractivity contribution in [2.75, 3.05) is 54.0 Å². The molecule has 2 fully saturated rings. The maximum atomic E-state index is 13.1. The minimum atomic E-state index is -0.189. The molecule has 2 aliphatic heterocycles. The van der Waals surface area contributed by atoms with Gasteiger partial charge in [0.05, 0.1) is 0 Å². The van der Waals surface area contributed by atoms with Crippen LogP contribution in [-0.4, -0.2) is 49.2 Å². The van der Waals surface area contributed by atoms with Crippen molar-refractivity contribution in [1.29, 1.82) is 0 Å². The van der Waals surface area contributed by atoms with E-state index in [0.29, 0.717) is 0 Å². The van der Waals surface area contributed by atoms with Crippen molar-refractivity contribution in [3.05, 3.63) is 41.8 Å². The van der Waals surface area contributed by atoms with Crippen LogP contribution in [0.15, 0.2) is 30.3 Å². The molecule has 2 saturated heterocycles. The van der Waals surface area contributed by atoms with Crippen molar-refractivity contribution in [1.82, 2.24) is 9.97 Å². The van der Waals surface area contributed by atoms with Gasteiger partial charge in [-0.15, -0.1) is 0 Å². The molecular formula is C20H26FN5. The molecule has 0 saturated carbocycles. The second kappa shape index (κ2) is 7.48. The fourth-order valence-electron chi connectivity index (χ4n) is 3.78. The summed E-state index contributed by atoms with van der Waals surface area (Å²) in [6.07, 6.45) is 3.81. The van der Waals surface area contributed by atoms with Gasteiger partial charge in [0.2, 0.25) is 5.95 Å². The van der Waals surface area contributed by atoms with E-state index in [0.717, 1.165) is 62.4 Å². The first-order valence-corrected chi connectivity index (χ1v) is 9.55. The summed E-state index contributed by atoms with van der Waals surface area (Å²) in [4.78, 5) is 16.5. The molecule has 2 aliphatic rings. The number of piperidine rings is 1. The first-order valence-electron chi connectivity index (χ1n) is 9.55. The van der Waals surface area contributed by atoms with Crippen LogP contribution in [0.4, 0.5) is 21.8 Å². The zero-order valence-electron chi connectivity index (χ0n) is 15.4. The molecule has 0 amide bonds. The van der Waals surface area contributed by atoms with E-state index in [2.05, 4.69) is 25.8 Å². The predicted molar refractivity (Wildman–Crippen MR) is 104 cm³/mol. The Morgan fingerprint density at radius 3 is 2.12 bits per heavy atom. The summed E-state index contributed by atoms with van der Waals surface area (Å²) in [6, 6.07) is 8.85. The number of rotatable bonds is 3. The molecule has 0 radical (unpaired) electrons. The number of piperazine rings is 1. The number of aryl methyl sites for hydroxylation is 1. The second-order valence-corrected chi connectivity index (χ2v) is 7.17. The summed E-state index contributed by atoms with van der Waals surface area (Å²) < 4.78 is 13.1. The van der Waals surface area contributed by atoms with E-state index in [9.17, 15) is 4.39 Å². The number of nitrogens with zero attached hydrogens (tertiary/aromatic N) is 5. The van der Waals surface area contributed by atoms with Gasteiger partial charge in [-0.1, -0.05) is 0 Å². The molecule has 5 nitrogen and oxygen atoms in total. The first kappa shape index (κ1) is 17.1. The predicted octanol–water partition coefficient (Wildman–Crippen LogP) is 3.24. The van der Waals surface area contributed by atoms with Crippen LogP contribution in [-0.2, 0) is 0 Å². The van der Waals surface area contributed by atoms with Crippen LogP contribution in [0.5, 0.6) is 0 Å². The van der Waals surface area contributed by atoms with E-state index >= 15 is 0 Å². The lowest BCUT2D eigenvalue weighted by Crippen LogP contribution is -2.47. The molecule has 0 aliphatic carbocycles. The zero-order valence-corrected chi connectivity index (χ0v) is 15.4. The Kier molecular flexibility index (Phi) is 4.91. The van der Waals surface area contributed by atoms with Gasteiger partial charge < -0.3 is 14.7 Å². The third-order valence-electron chi connectivity index (χ3n) is 5.26. The molecule has 6 heteroatoms. The second-order valence-electron chi connectivity index (χ2n) is 7.17. The molecule has 0 bridgehead atoms. The molecule has 0 spiro atoms. The molecule has 138 valence electrons. The van der Waals surface area contributed by atoms with E-state index in [4.69, 9.17) is 4.98 Å². The van der Waals surface area contributed by atoms with Gasteiger partial charge in [-0.05, 0) is 50.5 Å². The smallest absolute Gasteiger partial charge is 0.227 e. The first-order chi connectivity index (χ1) is 12.7. The molecule has 4 rings (SSSR count). The van der Waals surface area contributed by atoms with Gasteiger partial charge in [-0.25, -0.2) is 9.37 Å². The van der Waals surface area contributed by atoms with E-state index in [1.807, 2.05) is 19.1 Å². The Bertz CT molecular complexity index is 734. The summed E-state index contributed by atoms with van der Waals surface area (Å²) >= 11 is 0. The lowest BCUT2D eigenvalue weighted by molar-refractivity contribution is 0.571. The third kappa shape index (κ3) is 3.74. The van der Waals surface area contributed by atoms with Crippen molar-refractivity contribution < 1.29 is 4.39 Å². The van der Waals surface area contributed by atoms with Crippen molar-refractivity contribution in [3.8, 4) is 0 Å². The quantitative estimate of drug-likeness (QED) is 0.845. The van der Waals surface area contributed by atoms with Crippen molar-refractivity contribution in [3.63, 3.8) is 0 Å². The Hall–Kier alpha value is -2.37. The van der Waals surface area contributed by atoms with Crippen LogP contribution in [0.3, 0.4) is 0 Å². The zero-order chi connectivity index (χ0) is 17.9. The average molecular weight is 355 g/mol. The van der Waals surface area contributed by atoms with Crippen LogP contribution in [0.1, 0.15) is 25.0 Å². The third-order valence-corrected chi connectivity index (χ3v) is 5.26. The number of aromatic nitrogens is 2. The van der Waals surface area contributed by atoms with E-state index < -0.39 is 0 Å². The van der Waals surface area contributed by atoms with E-state index in [1.54, 1.807) is 0 Å². The van der Waals surface area contributed by atoms with Crippen LogP contribution >= 0.6 is 0 Å². The molecule has 0 unspecified atom stereocenters. The molecule has 1 aromatic heterocycles. The van der Waals surface area contributed by atoms with Crippen molar-refractivity contribution in [2.24, 2.45) is 0 Å². The normalized spacial score (nSPS) is 18.3. The lowest BCUT2D eigenvalue weighted by Gasteiger charge is -2.36. The SMILES string of the molecule is Cc1cc(N2CCCCC2)nc(N2CCN(c3ccc(F)cc3)CC2)n1. The van der Waals surface area contributed by atoms with Gasteiger partial charge in [-0.2, -0.15) is 4.98 Å². The Morgan fingerprint density at radius 1 is 0.769 bits per heavy atom. The van der Waals surface area contributed by atoms with Gasteiger partial charge in [0.1, 0.15) is 11.6 Å². The van der Waals surface area contributed by atoms with Crippen LogP contribution in [0.2, 0.25) is 0 Å². The van der Waals surface area contributed by atoms with Gasteiger partial charge in [-0.3, -0.25) is 0 Å². The molecule has 26 heavy (non-hydrogen) atoms. The topological polar surface area (TPSA) is 35.5 Å². The Balaban J connectivity index is 1.45. The molecule has 2 aromatic rings. The van der Waals surface area contributed by atoms with Crippen LogP contribution < -0.4 is 14.7 Å². The summed E-state index contributed by atoms with van der Waals surface area (Å²) in [7, 11) is 0. The fraction of sp³-hybridized carbons (Fsp3) is 0.500. The number of halogens is 1. The van der Waals surface area contributed by atoms with Gasteiger partial charge in [0.25, 0.3) is 0 Å². The monoisotopic (exact) mass is 355 g/mol. The van der Waals surface area contributed by atoms with Gasteiger partial charge in [0.15, 0.2) is 0 Å². The molecule has 3 heterocycles. The van der Waals surface area contributed by atoms with Crippen molar-refractivity contribution in [2.45, 2.75) is 26.2 Å².